The van der Waals surface area contributed by atoms with E-state index < -0.39 is 0 Å². The molecule has 0 unspecified atom stereocenters. The molecule has 0 radical (unpaired) electrons. The lowest BCUT2D eigenvalue weighted by molar-refractivity contribution is -0.113. The molecule has 5 heteroatoms. The molecule has 1 aliphatic heterocycles. The minimum Gasteiger partial charge on any atom is -0.497 e. The highest BCUT2D eigenvalue weighted by molar-refractivity contribution is 8.14. The van der Waals surface area contributed by atoms with Gasteiger partial charge in [-0.1, -0.05) is 48.2 Å². The molecule has 3 rings (SSSR count). The number of hydrogen-bond donors (Lipinski definition) is 0. The number of aliphatic imine (C=N–C) groups is 1. The van der Waals surface area contributed by atoms with Gasteiger partial charge in [-0.25, -0.2) is 4.99 Å². The average molecular weight is 350 g/mol. The highest BCUT2D eigenvalue weighted by Gasteiger charge is 2.31. The van der Waals surface area contributed by atoms with E-state index in [0.29, 0.717) is 16.6 Å². The number of methoxy groups -OCH3 is 1. The average Bonchev–Trinajstić information content (AvgIpc) is 2.96. The SMILES string of the molecule is C=CCSC1=NC(=Cc2ccccc2)C(=O)N1c1ccc(OC)cc1. The Morgan fingerprint density at radius 1 is 1.16 bits per heavy atom. The predicted octanol–water partition coefficient (Wildman–Crippen LogP) is 4.36. The van der Waals surface area contributed by atoms with Crippen LogP contribution in [0.25, 0.3) is 6.08 Å². The van der Waals surface area contributed by atoms with E-state index >= 15 is 0 Å². The molecule has 0 fully saturated rings. The second kappa shape index (κ2) is 7.85. The first kappa shape index (κ1) is 17.0. The highest BCUT2D eigenvalue weighted by atomic mass is 32.2. The summed E-state index contributed by atoms with van der Waals surface area (Å²) in [5.41, 5.74) is 2.13. The Hall–Kier alpha value is -2.79. The summed E-state index contributed by atoms with van der Waals surface area (Å²) >= 11 is 1.48. The van der Waals surface area contributed by atoms with Crippen molar-refractivity contribution >= 4 is 34.6 Å². The maximum Gasteiger partial charge on any atom is 0.283 e. The molecule has 4 nitrogen and oxygen atoms in total. The van der Waals surface area contributed by atoms with Gasteiger partial charge in [0.25, 0.3) is 5.91 Å². The van der Waals surface area contributed by atoms with Gasteiger partial charge in [0.05, 0.1) is 12.8 Å². The van der Waals surface area contributed by atoms with Crippen molar-refractivity contribution in [1.29, 1.82) is 0 Å². The lowest BCUT2D eigenvalue weighted by Gasteiger charge is -2.17. The predicted molar refractivity (Wildman–Crippen MR) is 105 cm³/mol. The molecule has 0 spiro atoms. The summed E-state index contributed by atoms with van der Waals surface area (Å²) in [7, 11) is 1.61. The van der Waals surface area contributed by atoms with Gasteiger partial charge in [-0.3, -0.25) is 9.69 Å². The van der Waals surface area contributed by atoms with Crippen molar-refractivity contribution in [2.45, 2.75) is 0 Å². The van der Waals surface area contributed by atoms with Crippen LogP contribution in [0.15, 0.2) is 77.9 Å². The van der Waals surface area contributed by atoms with E-state index in [4.69, 9.17) is 4.74 Å². The third-order valence-corrected chi connectivity index (χ3v) is 4.53. The van der Waals surface area contributed by atoms with E-state index in [-0.39, 0.29) is 5.91 Å². The number of rotatable bonds is 5. The van der Waals surface area contributed by atoms with Crippen LogP contribution in [0, 0.1) is 0 Å². The maximum absolute atomic E-state index is 12.9. The van der Waals surface area contributed by atoms with Crippen molar-refractivity contribution in [2.24, 2.45) is 4.99 Å². The van der Waals surface area contributed by atoms with Crippen molar-refractivity contribution in [3.63, 3.8) is 0 Å². The van der Waals surface area contributed by atoms with Gasteiger partial charge in [-0.2, -0.15) is 0 Å². The number of amides is 1. The van der Waals surface area contributed by atoms with Crippen LogP contribution in [0.5, 0.6) is 5.75 Å². The second-order valence-electron chi connectivity index (χ2n) is 5.27. The first-order chi connectivity index (χ1) is 12.2. The fourth-order valence-corrected chi connectivity index (χ4v) is 3.14. The molecular formula is C20H18N2O2S. The van der Waals surface area contributed by atoms with Crippen LogP contribution in [0.1, 0.15) is 5.56 Å². The Balaban J connectivity index is 1.95. The van der Waals surface area contributed by atoms with Crippen molar-refractivity contribution < 1.29 is 9.53 Å². The van der Waals surface area contributed by atoms with Gasteiger partial charge >= 0.3 is 0 Å². The standard InChI is InChI=1S/C20H18N2O2S/c1-3-13-25-20-21-18(14-15-7-5-4-6-8-15)19(23)22(20)16-9-11-17(24-2)12-10-16/h3-12,14H,1,13H2,2H3. The number of anilines is 1. The monoisotopic (exact) mass is 350 g/mol. The fraction of sp³-hybridized carbons (Fsp3) is 0.100. The van der Waals surface area contributed by atoms with Gasteiger partial charge in [-0.05, 0) is 35.9 Å². The summed E-state index contributed by atoms with van der Waals surface area (Å²) in [5, 5.41) is 0.650. The van der Waals surface area contributed by atoms with Crippen LogP contribution in [0.4, 0.5) is 5.69 Å². The molecule has 0 saturated heterocycles. The molecule has 0 bridgehead atoms. The van der Waals surface area contributed by atoms with Crippen LogP contribution in [-0.2, 0) is 4.79 Å². The quantitative estimate of drug-likeness (QED) is 0.594. The van der Waals surface area contributed by atoms with Crippen LogP contribution in [-0.4, -0.2) is 23.9 Å². The largest absolute Gasteiger partial charge is 0.497 e. The van der Waals surface area contributed by atoms with Crippen molar-refractivity contribution in [1.82, 2.24) is 0 Å². The fourth-order valence-electron chi connectivity index (χ4n) is 2.39. The zero-order chi connectivity index (χ0) is 17.6. The molecule has 1 aliphatic rings. The molecule has 0 atom stereocenters. The smallest absolute Gasteiger partial charge is 0.283 e. The number of ether oxygens (including phenoxy) is 1. The zero-order valence-corrected chi connectivity index (χ0v) is 14.7. The van der Waals surface area contributed by atoms with E-state index in [1.54, 1.807) is 24.2 Å². The summed E-state index contributed by atoms with van der Waals surface area (Å²) in [6, 6.07) is 17.1. The number of amidine groups is 1. The normalized spacial score (nSPS) is 15.4. The topological polar surface area (TPSA) is 41.9 Å². The number of carbonyl (C=O) groups is 1. The Morgan fingerprint density at radius 3 is 2.52 bits per heavy atom. The first-order valence-electron chi connectivity index (χ1n) is 7.80. The summed E-state index contributed by atoms with van der Waals surface area (Å²) in [6.45, 7) is 3.74. The lowest BCUT2D eigenvalue weighted by atomic mass is 10.2. The van der Waals surface area contributed by atoms with Gasteiger partial charge in [0.1, 0.15) is 11.4 Å². The molecule has 0 aliphatic carbocycles. The van der Waals surface area contributed by atoms with Crippen molar-refractivity contribution in [3.05, 3.63) is 78.5 Å². The van der Waals surface area contributed by atoms with Gasteiger partial charge in [0, 0.05) is 5.75 Å². The highest BCUT2D eigenvalue weighted by Crippen LogP contribution is 2.30. The Labute approximate surface area is 151 Å². The summed E-state index contributed by atoms with van der Waals surface area (Å²) in [4.78, 5) is 19.1. The van der Waals surface area contributed by atoms with E-state index in [9.17, 15) is 4.79 Å². The summed E-state index contributed by atoms with van der Waals surface area (Å²) in [6.07, 6.45) is 3.60. The number of hydrogen-bond acceptors (Lipinski definition) is 4. The minimum atomic E-state index is -0.138. The van der Waals surface area contributed by atoms with Crippen LogP contribution >= 0.6 is 11.8 Å². The second-order valence-corrected chi connectivity index (χ2v) is 6.26. The van der Waals surface area contributed by atoms with Crippen LogP contribution < -0.4 is 9.64 Å². The van der Waals surface area contributed by atoms with Crippen molar-refractivity contribution in [3.8, 4) is 5.75 Å². The van der Waals surface area contributed by atoms with E-state index in [1.807, 2.05) is 54.6 Å². The van der Waals surface area contributed by atoms with E-state index in [2.05, 4.69) is 11.6 Å². The van der Waals surface area contributed by atoms with E-state index in [1.165, 1.54) is 11.8 Å². The van der Waals surface area contributed by atoms with Crippen LogP contribution in [0.2, 0.25) is 0 Å². The third kappa shape index (κ3) is 3.83. The Morgan fingerprint density at radius 2 is 1.88 bits per heavy atom. The summed E-state index contributed by atoms with van der Waals surface area (Å²) < 4.78 is 5.19. The number of benzene rings is 2. The van der Waals surface area contributed by atoms with Crippen LogP contribution in [0.3, 0.4) is 0 Å². The molecule has 0 saturated carbocycles. The molecule has 126 valence electrons. The van der Waals surface area contributed by atoms with Crippen molar-refractivity contribution in [2.75, 3.05) is 17.8 Å². The molecule has 2 aromatic carbocycles. The Bertz CT molecular complexity index is 827. The zero-order valence-electron chi connectivity index (χ0n) is 13.9. The molecule has 25 heavy (non-hydrogen) atoms. The molecule has 0 N–H and O–H groups in total. The maximum atomic E-state index is 12.9. The molecular weight excluding hydrogens is 332 g/mol. The first-order valence-corrected chi connectivity index (χ1v) is 8.79. The Kier molecular flexibility index (Phi) is 5.36. The minimum absolute atomic E-state index is 0.138. The van der Waals surface area contributed by atoms with Gasteiger partial charge in [0.15, 0.2) is 5.17 Å². The molecule has 0 aromatic heterocycles. The summed E-state index contributed by atoms with van der Waals surface area (Å²) in [5.74, 6) is 1.28. The van der Waals surface area contributed by atoms with Gasteiger partial charge in [0.2, 0.25) is 0 Å². The molecule has 1 amide bonds. The molecule has 2 aromatic rings. The van der Waals surface area contributed by atoms with E-state index in [0.717, 1.165) is 17.0 Å². The van der Waals surface area contributed by atoms with Gasteiger partial charge in [-0.15, -0.1) is 6.58 Å². The number of carbonyl (C=O) groups excluding carboxylic acids is 1. The third-order valence-electron chi connectivity index (χ3n) is 3.59. The van der Waals surface area contributed by atoms with Gasteiger partial charge < -0.3 is 4.74 Å². The molecule has 1 heterocycles. The lowest BCUT2D eigenvalue weighted by Crippen LogP contribution is -2.30. The number of thioether (sulfide) groups is 1. The number of nitrogens with zero attached hydrogens (tertiary/aromatic N) is 2.